The molecule has 0 amide bonds. The molecule has 0 aliphatic carbocycles. The molecule has 24 heavy (non-hydrogen) atoms. The molecule has 6 heteroatoms. The van der Waals surface area contributed by atoms with E-state index in [4.69, 9.17) is 4.52 Å². The van der Waals surface area contributed by atoms with Crippen LogP contribution in [0.3, 0.4) is 0 Å². The first-order valence-corrected chi connectivity index (χ1v) is 8.30. The van der Waals surface area contributed by atoms with E-state index in [1.165, 1.54) is 18.4 Å². The van der Waals surface area contributed by atoms with Crippen molar-refractivity contribution in [3.05, 3.63) is 60.1 Å². The first kappa shape index (κ1) is 15.0. The molecule has 6 nitrogen and oxygen atoms in total. The third-order valence-corrected chi connectivity index (χ3v) is 4.37. The number of hydrogen-bond donors (Lipinski definition) is 0. The van der Waals surface area contributed by atoms with E-state index in [2.05, 4.69) is 49.5 Å². The van der Waals surface area contributed by atoms with Crippen molar-refractivity contribution in [2.45, 2.75) is 31.8 Å². The Hall–Kier alpha value is -2.60. The van der Waals surface area contributed by atoms with Gasteiger partial charge in [-0.15, -0.1) is 5.10 Å². The Morgan fingerprint density at radius 1 is 1.08 bits per heavy atom. The molecule has 2 aromatic heterocycles. The van der Waals surface area contributed by atoms with Crippen molar-refractivity contribution < 1.29 is 4.52 Å². The Morgan fingerprint density at radius 3 is 2.83 bits per heavy atom. The zero-order valence-corrected chi connectivity index (χ0v) is 13.4. The van der Waals surface area contributed by atoms with Gasteiger partial charge in [0.25, 0.3) is 0 Å². The summed E-state index contributed by atoms with van der Waals surface area (Å²) in [5.41, 5.74) is 1.94. The highest BCUT2D eigenvalue weighted by atomic mass is 16.5. The van der Waals surface area contributed by atoms with Crippen LogP contribution < -0.4 is 0 Å². The monoisotopic (exact) mass is 321 g/mol. The summed E-state index contributed by atoms with van der Waals surface area (Å²) in [7, 11) is 0. The number of piperidine rings is 1. The maximum atomic E-state index is 5.56. The van der Waals surface area contributed by atoms with Crippen molar-refractivity contribution in [3.63, 3.8) is 0 Å². The fraction of sp³-hybridized carbons (Fsp3) is 0.333. The van der Waals surface area contributed by atoms with E-state index in [1.54, 1.807) is 6.20 Å². The summed E-state index contributed by atoms with van der Waals surface area (Å²) in [5.74, 6) is 1.18. The SMILES string of the molecule is c1ccc(CN2CCCCC2c2nc(-c3cccnn3)no2)cc1. The van der Waals surface area contributed by atoms with Gasteiger partial charge in [0.15, 0.2) is 0 Å². The Kier molecular flexibility index (Phi) is 4.29. The topological polar surface area (TPSA) is 67.9 Å². The third-order valence-electron chi connectivity index (χ3n) is 4.37. The van der Waals surface area contributed by atoms with Gasteiger partial charge in [0.05, 0.1) is 6.04 Å². The Labute approximate surface area is 140 Å². The molecule has 3 heterocycles. The second kappa shape index (κ2) is 6.88. The first-order chi connectivity index (χ1) is 11.9. The van der Waals surface area contributed by atoms with E-state index in [-0.39, 0.29) is 6.04 Å². The largest absolute Gasteiger partial charge is 0.337 e. The predicted molar refractivity (Wildman–Crippen MR) is 88.8 cm³/mol. The molecule has 1 unspecified atom stereocenters. The van der Waals surface area contributed by atoms with Gasteiger partial charge < -0.3 is 4.52 Å². The van der Waals surface area contributed by atoms with Crippen molar-refractivity contribution in [1.29, 1.82) is 0 Å². The van der Waals surface area contributed by atoms with Crippen LogP contribution in [-0.2, 0) is 6.54 Å². The van der Waals surface area contributed by atoms with Crippen LogP contribution in [0, 0.1) is 0 Å². The van der Waals surface area contributed by atoms with Crippen LogP contribution in [0.4, 0.5) is 0 Å². The summed E-state index contributed by atoms with van der Waals surface area (Å²) in [6.07, 6.45) is 5.05. The van der Waals surface area contributed by atoms with Gasteiger partial charge in [-0.1, -0.05) is 41.9 Å². The van der Waals surface area contributed by atoms with Crippen molar-refractivity contribution in [2.24, 2.45) is 0 Å². The number of benzene rings is 1. The quantitative estimate of drug-likeness (QED) is 0.735. The fourth-order valence-electron chi connectivity index (χ4n) is 3.17. The van der Waals surface area contributed by atoms with Gasteiger partial charge in [-0.05, 0) is 37.1 Å². The van der Waals surface area contributed by atoms with Crippen molar-refractivity contribution in [3.8, 4) is 11.5 Å². The molecule has 0 N–H and O–H groups in total. The van der Waals surface area contributed by atoms with E-state index < -0.39 is 0 Å². The molecule has 0 bridgehead atoms. The molecule has 122 valence electrons. The first-order valence-electron chi connectivity index (χ1n) is 8.30. The number of rotatable bonds is 4. The summed E-state index contributed by atoms with van der Waals surface area (Å²) in [5, 5.41) is 12.0. The van der Waals surface area contributed by atoms with Gasteiger partial charge in [0.1, 0.15) is 5.69 Å². The normalized spacial score (nSPS) is 18.6. The predicted octanol–water partition coefficient (Wildman–Crippen LogP) is 3.25. The Bertz CT molecular complexity index is 774. The minimum absolute atomic E-state index is 0.164. The average molecular weight is 321 g/mol. The Balaban J connectivity index is 1.56. The molecule has 1 saturated heterocycles. The number of hydrogen-bond acceptors (Lipinski definition) is 6. The highest BCUT2D eigenvalue weighted by Crippen LogP contribution is 2.32. The zero-order chi connectivity index (χ0) is 16.2. The lowest BCUT2D eigenvalue weighted by Crippen LogP contribution is -2.33. The smallest absolute Gasteiger partial charge is 0.244 e. The van der Waals surface area contributed by atoms with Crippen LogP contribution in [0.25, 0.3) is 11.5 Å². The van der Waals surface area contributed by atoms with Crippen LogP contribution in [-0.4, -0.2) is 31.8 Å². The van der Waals surface area contributed by atoms with Gasteiger partial charge in [0.2, 0.25) is 11.7 Å². The maximum Gasteiger partial charge on any atom is 0.244 e. The maximum absolute atomic E-state index is 5.56. The van der Waals surface area contributed by atoms with Crippen molar-refractivity contribution in [2.75, 3.05) is 6.54 Å². The van der Waals surface area contributed by atoms with Crippen LogP contribution in [0.15, 0.2) is 53.2 Å². The fourth-order valence-corrected chi connectivity index (χ4v) is 3.17. The molecule has 1 aromatic carbocycles. The molecule has 0 spiro atoms. The van der Waals surface area contributed by atoms with Crippen molar-refractivity contribution >= 4 is 0 Å². The molecule has 1 atom stereocenters. The van der Waals surface area contributed by atoms with E-state index in [1.807, 2.05) is 18.2 Å². The molecule has 0 saturated carbocycles. The van der Waals surface area contributed by atoms with Gasteiger partial charge in [-0.2, -0.15) is 10.1 Å². The highest BCUT2D eigenvalue weighted by Gasteiger charge is 2.29. The standard InChI is InChI=1S/C18H19N5O/c1-2-7-14(8-3-1)13-23-12-5-4-10-16(23)18-20-17(22-24-18)15-9-6-11-19-21-15/h1-3,6-9,11,16H,4-5,10,12-13H2. The lowest BCUT2D eigenvalue weighted by Gasteiger charge is -2.33. The molecule has 1 fully saturated rings. The van der Waals surface area contributed by atoms with Crippen LogP contribution in [0.2, 0.25) is 0 Å². The summed E-state index contributed by atoms with van der Waals surface area (Å²) in [4.78, 5) is 7.00. The Morgan fingerprint density at radius 2 is 2.00 bits per heavy atom. The second-order valence-electron chi connectivity index (χ2n) is 6.03. The number of nitrogens with zero attached hydrogens (tertiary/aromatic N) is 5. The zero-order valence-electron chi connectivity index (χ0n) is 13.4. The van der Waals surface area contributed by atoms with Gasteiger partial charge >= 0.3 is 0 Å². The highest BCUT2D eigenvalue weighted by molar-refractivity contribution is 5.46. The molecular formula is C18H19N5O. The lowest BCUT2D eigenvalue weighted by molar-refractivity contribution is 0.111. The number of likely N-dealkylation sites (tertiary alicyclic amines) is 1. The minimum atomic E-state index is 0.164. The van der Waals surface area contributed by atoms with Crippen molar-refractivity contribution in [1.82, 2.24) is 25.2 Å². The molecule has 1 aliphatic rings. The van der Waals surface area contributed by atoms with Gasteiger partial charge in [0, 0.05) is 12.7 Å². The summed E-state index contributed by atoms with van der Waals surface area (Å²) < 4.78 is 5.56. The molecule has 3 aromatic rings. The lowest BCUT2D eigenvalue weighted by atomic mass is 10.0. The van der Waals surface area contributed by atoms with Gasteiger partial charge in [-0.3, -0.25) is 4.90 Å². The molecule has 1 aliphatic heterocycles. The molecular weight excluding hydrogens is 302 g/mol. The number of aromatic nitrogens is 4. The summed E-state index contributed by atoms with van der Waals surface area (Å²) in [6.45, 7) is 1.94. The summed E-state index contributed by atoms with van der Waals surface area (Å²) >= 11 is 0. The molecule has 4 rings (SSSR count). The van der Waals surface area contributed by atoms with E-state index in [0.29, 0.717) is 17.4 Å². The average Bonchev–Trinajstić information content (AvgIpc) is 3.14. The van der Waals surface area contributed by atoms with E-state index >= 15 is 0 Å². The van der Waals surface area contributed by atoms with Crippen LogP contribution in [0.1, 0.15) is 36.8 Å². The van der Waals surface area contributed by atoms with E-state index in [9.17, 15) is 0 Å². The summed E-state index contributed by atoms with van der Waals surface area (Å²) in [6, 6.07) is 14.3. The van der Waals surface area contributed by atoms with E-state index in [0.717, 1.165) is 19.5 Å². The van der Waals surface area contributed by atoms with Crippen LogP contribution in [0.5, 0.6) is 0 Å². The third kappa shape index (κ3) is 3.19. The minimum Gasteiger partial charge on any atom is -0.337 e. The van der Waals surface area contributed by atoms with Gasteiger partial charge in [-0.25, -0.2) is 0 Å². The second-order valence-corrected chi connectivity index (χ2v) is 6.03. The molecule has 0 radical (unpaired) electrons. The van der Waals surface area contributed by atoms with Crippen LogP contribution >= 0.6 is 0 Å².